The quantitative estimate of drug-likeness (QED) is 0.407. The van der Waals surface area contributed by atoms with Gasteiger partial charge in [-0.1, -0.05) is 66.7 Å². The maximum atomic E-state index is 12.6. The maximum Gasteiger partial charge on any atom is 0.407 e. The number of carbonyl (C=O) groups excluding carboxylic acids is 1. The Labute approximate surface area is 195 Å². The molecule has 3 aromatic carbocycles. The average molecular weight is 454 g/mol. The van der Waals surface area contributed by atoms with Crippen LogP contribution < -0.4 is 10.9 Å². The Morgan fingerprint density at radius 1 is 0.941 bits per heavy atom. The Morgan fingerprint density at radius 3 is 2.24 bits per heavy atom. The first kappa shape index (κ1) is 21.5. The fourth-order valence-electron chi connectivity index (χ4n) is 4.65. The lowest BCUT2D eigenvalue weighted by Gasteiger charge is -2.18. The smallest absolute Gasteiger partial charge is 0.407 e. The van der Waals surface area contributed by atoms with E-state index in [2.05, 4.69) is 10.3 Å². The van der Waals surface area contributed by atoms with Gasteiger partial charge >= 0.3 is 12.1 Å². The van der Waals surface area contributed by atoms with Crippen molar-refractivity contribution in [3.05, 3.63) is 106 Å². The maximum absolute atomic E-state index is 12.6. The highest BCUT2D eigenvalue weighted by Gasteiger charge is 2.30. The van der Waals surface area contributed by atoms with E-state index in [4.69, 9.17) is 4.74 Å². The third-order valence-corrected chi connectivity index (χ3v) is 6.19. The molecule has 0 radical (unpaired) electrons. The number of carbonyl (C=O) groups is 2. The molecule has 0 bridgehead atoms. The van der Waals surface area contributed by atoms with Crippen molar-refractivity contribution in [2.45, 2.75) is 18.4 Å². The summed E-state index contributed by atoms with van der Waals surface area (Å²) in [6.45, 7) is 0.0835. The highest BCUT2D eigenvalue weighted by Crippen LogP contribution is 2.44. The van der Waals surface area contributed by atoms with E-state index >= 15 is 0 Å². The van der Waals surface area contributed by atoms with Crippen LogP contribution in [-0.4, -0.2) is 34.8 Å². The van der Waals surface area contributed by atoms with Gasteiger partial charge in [-0.05, 0) is 33.9 Å². The van der Waals surface area contributed by atoms with Gasteiger partial charge in [-0.3, -0.25) is 4.79 Å². The highest BCUT2D eigenvalue weighted by molar-refractivity contribution is 5.85. The van der Waals surface area contributed by atoms with Crippen LogP contribution in [0.4, 0.5) is 4.79 Å². The number of aromatic nitrogens is 1. The van der Waals surface area contributed by atoms with Crippen LogP contribution in [0, 0.1) is 0 Å². The molecule has 170 valence electrons. The van der Waals surface area contributed by atoms with Crippen LogP contribution in [0.5, 0.6) is 0 Å². The third-order valence-electron chi connectivity index (χ3n) is 6.19. The molecule has 4 aromatic rings. The molecule has 1 aliphatic carbocycles. The second-order valence-electron chi connectivity index (χ2n) is 8.27. The largest absolute Gasteiger partial charge is 0.480 e. The van der Waals surface area contributed by atoms with Gasteiger partial charge in [0.25, 0.3) is 0 Å². The van der Waals surface area contributed by atoms with Gasteiger partial charge in [0.1, 0.15) is 12.6 Å². The van der Waals surface area contributed by atoms with Crippen molar-refractivity contribution in [2.24, 2.45) is 0 Å². The molecule has 1 atom stereocenters. The number of ether oxygens (including phenoxy) is 1. The van der Waals surface area contributed by atoms with Crippen molar-refractivity contribution in [3.63, 3.8) is 0 Å². The van der Waals surface area contributed by atoms with Gasteiger partial charge in [-0.25, -0.2) is 9.59 Å². The topological polar surface area (TPSA) is 108 Å². The number of amides is 1. The van der Waals surface area contributed by atoms with Gasteiger partial charge in [0.05, 0.1) is 0 Å². The lowest BCUT2D eigenvalue weighted by Crippen LogP contribution is -2.43. The van der Waals surface area contributed by atoms with Crippen LogP contribution in [0.25, 0.3) is 22.0 Å². The molecule has 7 nitrogen and oxygen atoms in total. The van der Waals surface area contributed by atoms with Crippen LogP contribution in [-0.2, 0) is 16.0 Å². The Kier molecular flexibility index (Phi) is 5.59. The number of hydrogen-bond acceptors (Lipinski definition) is 4. The van der Waals surface area contributed by atoms with Gasteiger partial charge < -0.3 is 20.1 Å². The van der Waals surface area contributed by atoms with Crippen molar-refractivity contribution < 1.29 is 19.4 Å². The fourth-order valence-corrected chi connectivity index (χ4v) is 4.65. The molecular formula is C27H22N2O5. The van der Waals surface area contributed by atoms with E-state index in [-0.39, 0.29) is 24.5 Å². The minimum Gasteiger partial charge on any atom is -0.480 e. The number of carboxylic acids is 1. The van der Waals surface area contributed by atoms with Crippen LogP contribution in [0.1, 0.15) is 22.6 Å². The number of rotatable bonds is 6. The van der Waals surface area contributed by atoms with Crippen LogP contribution >= 0.6 is 0 Å². The molecule has 0 fully saturated rings. The molecular weight excluding hydrogens is 432 g/mol. The number of fused-ring (bicyclic) bond motifs is 4. The molecule has 1 unspecified atom stereocenters. The lowest BCUT2D eigenvalue weighted by molar-refractivity contribution is -0.139. The minimum atomic E-state index is -1.25. The minimum absolute atomic E-state index is 0.0516. The number of aliphatic carboxylic acids is 1. The normalized spacial score (nSPS) is 13.2. The Bertz CT molecular complexity index is 1410. The molecule has 0 aliphatic heterocycles. The van der Waals surface area contributed by atoms with Gasteiger partial charge in [0.2, 0.25) is 5.56 Å². The summed E-state index contributed by atoms with van der Waals surface area (Å²) in [5.74, 6) is -1.34. The predicted molar refractivity (Wildman–Crippen MR) is 128 cm³/mol. The van der Waals surface area contributed by atoms with Crippen molar-refractivity contribution >= 4 is 23.0 Å². The van der Waals surface area contributed by atoms with Crippen LogP contribution in [0.3, 0.4) is 0 Å². The fraction of sp³-hybridized carbons (Fsp3) is 0.148. The summed E-state index contributed by atoms with van der Waals surface area (Å²) in [5.41, 5.74) is 5.16. The summed E-state index contributed by atoms with van der Waals surface area (Å²) in [6.07, 6.45) is -0.868. The molecule has 1 aliphatic rings. The summed E-state index contributed by atoms with van der Waals surface area (Å²) in [6, 6.07) is 23.2. The molecule has 1 amide bonds. The lowest BCUT2D eigenvalue weighted by atomic mass is 9.98. The number of hydrogen-bond donors (Lipinski definition) is 3. The Balaban J connectivity index is 1.31. The molecule has 34 heavy (non-hydrogen) atoms. The standard InChI is InChI=1S/C27H22N2O5/c30-25-14-16(17-7-5-6-12-23(17)28-25)13-24(26(31)32)29-27(33)34-15-22-20-10-3-1-8-18(20)19-9-2-4-11-21(19)22/h1-12,14,22,24H,13,15H2,(H,28,30)(H,29,33)(H,31,32). The van der Waals surface area contributed by atoms with E-state index in [1.54, 1.807) is 24.3 Å². The number of nitrogens with one attached hydrogen (secondary N) is 2. The van der Waals surface area contributed by atoms with E-state index in [0.717, 1.165) is 27.6 Å². The molecule has 0 spiro atoms. The first-order chi connectivity index (χ1) is 16.5. The number of carboxylic acid groups (broad SMARTS) is 1. The van der Waals surface area contributed by atoms with Crippen molar-refractivity contribution in [3.8, 4) is 11.1 Å². The van der Waals surface area contributed by atoms with E-state index in [9.17, 15) is 19.5 Å². The Morgan fingerprint density at radius 2 is 1.56 bits per heavy atom. The first-order valence-electron chi connectivity index (χ1n) is 11.0. The van der Waals surface area contributed by atoms with Gasteiger partial charge in [-0.15, -0.1) is 0 Å². The van der Waals surface area contributed by atoms with Crippen LogP contribution in [0.2, 0.25) is 0 Å². The zero-order valence-corrected chi connectivity index (χ0v) is 18.2. The summed E-state index contributed by atoms with van der Waals surface area (Å²) in [5, 5.41) is 12.9. The van der Waals surface area contributed by atoms with Gasteiger partial charge in [0, 0.05) is 29.3 Å². The van der Waals surface area contributed by atoms with Crippen molar-refractivity contribution in [2.75, 3.05) is 6.61 Å². The molecule has 0 saturated carbocycles. The monoisotopic (exact) mass is 454 g/mol. The van der Waals surface area contributed by atoms with E-state index in [1.807, 2.05) is 48.5 Å². The first-order valence-corrected chi connectivity index (χ1v) is 11.0. The summed E-state index contributed by atoms with van der Waals surface area (Å²) in [7, 11) is 0. The molecule has 1 aromatic heterocycles. The number of H-pyrrole nitrogens is 1. The Hall–Kier alpha value is -4.39. The van der Waals surface area contributed by atoms with Crippen molar-refractivity contribution in [1.82, 2.24) is 10.3 Å². The van der Waals surface area contributed by atoms with Crippen LogP contribution in [0.15, 0.2) is 83.7 Å². The van der Waals surface area contributed by atoms with E-state index in [1.165, 1.54) is 6.07 Å². The number of alkyl carbamates (subject to hydrolysis) is 1. The van der Waals surface area contributed by atoms with E-state index in [0.29, 0.717) is 11.1 Å². The van der Waals surface area contributed by atoms with E-state index < -0.39 is 18.1 Å². The molecule has 7 heteroatoms. The third kappa shape index (κ3) is 4.03. The summed E-state index contributed by atoms with van der Waals surface area (Å²) in [4.78, 5) is 39.2. The molecule has 5 rings (SSSR count). The predicted octanol–water partition coefficient (Wildman–Crippen LogP) is 4.06. The number of para-hydroxylation sites is 1. The zero-order chi connectivity index (χ0) is 23.7. The highest BCUT2D eigenvalue weighted by atomic mass is 16.5. The summed E-state index contributed by atoms with van der Waals surface area (Å²) < 4.78 is 5.49. The van der Waals surface area contributed by atoms with Gasteiger partial charge in [-0.2, -0.15) is 0 Å². The molecule has 3 N–H and O–H groups in total. The second kappa shape index (κ2) is 8.86. The van der Waals surface area contributed by atoms with Gasteiger partial charge in [0.15, 0.2) is 0 Å². The number of aromatic amines is 1. The van der Waals surface area contributed by atoms with Crippen molar-refractivity contribution in [1.29, 1.82) is 0 Å². The SMILES string of the molecule is O=C(NC(Cc1cc(=O)[nH]c2ccccc12)C(=O)O)OCC1c2ccccc2-c2ccccc21. The number of pyridine rings is 1. The molecule has 1 heterocycles. The summed E-state index contributed by atoms with van der Waals surface area (Å²) >= 11 is 0. The zero-order valence-electron chi connectivity index (χ0n) is 18.2. The second-order valence-corrected chi connectivity index (χ2v) is 8.27. The molecule has 0 saturated heterocycles. The number of benzene rings is 3. The average Bonchev–Trinajstić information content (AvgIpc) is 3.16.